The first-order valence-corrected chi connectivity index (χ1v) is 20.2. The Hall–Kier alpha value is -7.34. The number of thioether (sulfide) groups is 1. The van der Waals surface area contributed by atoms with E-state index in [1.54, 1.807) is 23.9 Å². The molecule has 0 spiro atoms. The number of fused-ring (bicyclic) bond motifs is 12. The first-order valence-electron chi connectivity index (χ1n) is 26.4. The van der Waals surface area contributed by atoms with E-state index in [-0.39, 0.29) is 49.7 Å². The Morgan fingerprint density at radius 2 is 1.43 bits per heavy atom. The van der Waals surface area contributed by atoms with Gasteiger partial charge < -0.3 is 14.3 Å². The lowest BCUT2D eigenvalue weighted by Crippen LogP contribution is -2.29. The van der Waals surface area contributed by atoms with Gasteiger partial charge in [0.05, 0.1) is 30.4 Å². The lowest BCUT2D eigenvalue weighted by Gasteiger charge is -2.25. The van der Waals surface area contributed by atoms with Crippen molar-refractivity contribution in [3.05, 3.63) is 215 Å². The summed E-state index contributed by atoms with van der Waals surface area (Å²) in [5, 5.41) is 6.58. The highest BCUT2D eigenvalue weighted by atomic mass is 32.2. The maximum atomic E-state index is 9.41. The van der Waals surface area contributed by atoms with E-state index in [0.29, 0.717) is 22.6 Å². The third-order valence-electron chi connectivity index (χ3n) is 11.4. The summed E-state index contributed by atoms with van der Waals surface area (Å²) in [6.07, 6.45) is 0. The molecule has 1 unspecified atom stereocenters. The summed E-state index contributed by atoms with van der Waals surface area (Å²) >= 11 is 1.71. The van der Waals surface area contributed by atoms with Gasteiger partial charge in [-0.25, -0.2) is 0 Å². The van der Waals surface area contributed by atoms with Gasteiger partial charge in [0.15, 0.2) is 0 Å². The number of para-hydroxylation sites is 1. The number of aliphatic imine (C=N–C) groups is 1. The van der Waals surface area contributed by atoms with Crippen LogP contribution in [0.4, 0.5) is 0 Å². The highest BCUT2D eigenvalue weighted by Gasteiger charge is 2.35. The Labute approximate surface area is 369 Å². The van der Waals surface area contributed by atoms with Crippen molar-refractivity contribution in [1.82, 2.24) is 9.88 Å². The predicted octanol–water partition coefficient (Wildman–Crippen LogP) is 14.3. The predicted molar refractivity (Wildman–Crippen MR) is 251 cm³/mol. The number of hydrogen-bond donors (Lipinski definition) is 1. The SMILES string of the molecule is [2H]c1c([2H])c(-c2ccc3c(c2)oc2cccc(C4=NC5C(=C(c6ccc7ccccc7c6)N4)Sc4ccccc45)c23)c([2H])c([2H])c1Cn1c2c([2H])c([2H])c([2H])c([2H])c2c2c([2H])c([2H])c3c([2H])c([2H])c([2H])c([2H])c3c21. The second kappa shape index (κ2) is 13.1. The van der Waals surface area contributed by atoms with E-state index in [1.807, 2.05) is 48.5 Å². The fourth-order valence-corrected chi connectivity index (χ4v) is 9.91. The molecule has 2 aromatic heterocycles. The van der Waals surface area contributed by atoms with Crippen LogP contribution < -0.4 is 5.32 Å². The summed E-state index contributed by atoms with van der Waals surface area (Å²) in [5.41, 5.74) is 4.65. The first-order chi connectivity index (χ1) is 35.5. The molecular formula is C55H35N3OS. The molecule has 0 aliphatic carbocycles. The van der Waals surface area contributed by atoms with E-state index in [0.717, 1.165) is 53.7 Å². The molecule has 0 amide bonds. The maximum absolute atomic E-state index is 9.41. The van der Waals surface area contributed by atoms with Crippen LogP contribution in [0.15, 0.2) is 207 Å². The zero-order chi connectivity index (χ0) is 51.5. The molecule has 282 valence electrons. The molecule has 1 N–H and O–H groups in total. The van der Waals surface area contributed by atoms with Crippen LogP contribution in [0.2, 0.25) is 0 Å². The average molecular weight is 800 g/mol. The fourth-order valence-electron chi connectivity index (χ4n) is 8.67. The standard InChI is InChI=1S/C55H35N3OS/c1-2-12-37-30-39(25-24-34(37)10-1)51-54-52(44-15-6-8-19-49(44)60-54)57-55(56-51)45-16-9-18-47-50(45)43-29-27-38(31-48(43)59-47)35-22-20-33(21-23-35)32-58-46-17-7-5-14-41(46)42-28-26-36-11-3-4-13-40(36)53(42)58/h1-31,52H,32H2,(H,56,57)/i3D,4D,5D,7D,11D,13D,14D,17D,20D,21D,22D,23D,26D,28D. The third-order valence-corrected chi connectivity index (χ3v) is 12.7. The number of hydrogen-bond acceptors (Lipinski definition) is 4. The smallest absolute Gasteiger partial charge is 0.136 e. The van der Waals surface area contributed by atoms with E-state index in [4.69, 9.17) is 23.1 Å². The van der Waals surface area contributed by atoms with E-state index in [2.05, 4.69) is 47.8 Å². The molecule has 11 aromatic rings. The Morgan fingerprint density at radius 3 is 2.37 bits per heavy atom. The molecule has 5 heteroatoms. The summed E-state index contributed by atoms with van der Waals surface area (Å²) in [6.45, 7) is -0.569. The summed E-state index contributed by atoms with van der Waals surface area (Å²) in [5.74, 6) is 0.651. The Bertz CT molecular complexity index is 4460. The van der Waals surface area contributed by atoms with Gasteiger partial charge in [-0.1, -0.05) is 163 Å². The van der Waals surface area contributed by atoms with Crippen LogP contribution in [0, 0.1) is 0 Å². The van der Waals surface area contributed by atoms with E-state index in [9.17, 15) is 5.48 Å². The van der Waals surface area contributed by atoms with Crippen molar-refractivity contribution >= 4 is 88.6 Å². The Morgan fingerprint density at radius 1 is 0.617 bits per heavy atom. The average Bonchev–Trinajstić information content (AvgIpc) is 4.14. The monoisotopic (exact) mass is 799 g/mol. The van der Waals surface area contributed by atoms with Crippen molar-refractivity contribution in [2.24, 2.45) is 4.99 Å². The van der Waals surface area contributed by atoms with Crippen LogP contribution in [0.5, 0.6) is 0 Å². The molecule has 2 aliphatic heterocycles. The fraction of sp³-hybridized carbons (Fsp3) is 0.0364. The molecule has 13 rings (SSSR count). The Kier molecular flexibility index (Phi) is 4.95. The van der Waals surface area contributed by atoms with Gasteiger partial charge in [-0.05, 0) is 80.4 Å². The normalized spacial score (nSPS) is 18.3. The van der Waals surface area contributed by atoms with Gasteiger partial charge in [0.25, 0.3) is 0 Å². The van der Waals surface area contributed by atoms with Crippen molar-refractivity contribution in [1.29, 1.82) is 0 Å². The number of nitrogens with zero attached hydrogens (tertiary/aromatic N) is 2. The van der Waals surface area contributed by atoms with Crippen LogP contribution in [0.25, 0.3) is 82.1 Å². The topological polar surface area (TPSA) is 42.5 Å². The lowest BCUT2D eigenvalue weighted by molar-refractivity contribution is 0.669. The molecule has 0 radical (unpaired) electrons. The van der Waals surface area contributed by atoms with E-state index in [1.165, 1.54) is 4.57 Å². The van der Waals surface area contributed by atoms with Crippen molar-refractivity contribution in [2.45, 2.75) is 17.5 Å². The number of rotatable bonds is 5. The van der Waals surface area contributed by atoms with Gasteiger partial charge >= 0.3 is 0 Å². The summed E-state index contributed by atoms with van der Waals surface area (Å²) in [4.78, 5) is 7.60. The van der Waals surface area contributed by atoms with Gasteiger partial charge in [0.2, 0.25) is 0 Å². The third kappa shape index (κ3) is 5.16. The van der Waals surface area contributed by atoms with Crippen molar-refractivity contribution in [2.75, 3.05) is 0 Å². The zero-order valence-electron chi connectivity index (χ0n) is 45.3. The van der Waals surface area contributed by atoms with Crippen molar-refractivity contribution in [3.8, 4) is 11.1 Å². The number of aromatic nitrogens is 1. The molecule has 9 aromatic carbocycles. The minimum absolute atomic E-state index is 0.0317. The molecule has 1 atom stereocenters. The first kappa shape index (κ1) is 22.7. The summed E-state index contributed by atoms with van der Waals surface area (Å²) in [6, 6.07) is 25.9. The molecular weight excluding hydrogens is 751 g/mol. The van der Waals surface area contributed by atoms with Gasteiger partial charge in [0, 0.05) is 54.4 Å². The second-order valence-electron chi connectivity index (χ2n) is 14.8. The molecule has 0 bridgehead atoms. The number of benzene rings is 9. The molecule has 4 nitrogen and oxygen atoms in total. The lowest BCUT2D eigenvalue weighted by atomic mass is 9.97. The van der Waals surface area contributed by atoms with Gasteiger partial charge in [0.1, 0.15) is 23.0 Å². The number of nitrogens with one attached hydrogen (secondary N) is 1. The number of amidine groups is 1. The minimum atomic E-state index is -0.653. The second-order valence-corrected chi connectivity index (χ2v) is 15.9. The zero-order valence-corrected chi connectivity index (χ0v) is 32.1. The maximum Gasteiger partial charge on any atom is 0.136 e. The molecule has 60 heavy (non-hydrogen) atoms. The van der Waals surface area contributed by atoms with Crippen LogP contribution in [-0.2, 0) is 6.54 Å². The molecule has 4 heterocycles. The molecule has 0 saturated heterocycles. The van der Waals surface area contributed by atoms with E-state index >= 15 is 0 Å². The summed E-state index contributed by atoms with van der Waals surface area (Å²) < 4.78 is 133. The number of furan rings is 1. The Balaban J connectivity index is 0.949. The van der Waals surface area contributed by atoms with Gasteiger partial charge in [-0.3, -0.25) is 4.99 Å². The highest BCUT2D eigenvalue weighted by Crippen LogP contribution is 2.53. The van der Waals surface area contributed by atoms with E-state index < -0.39 is 91.1 Å². The molecule has 0 saturated carbocycles. The summed E-state index contributed by atoms with van der Waals surface area (Å²) in [7, 11) is 0. The van der Waals surface area contributed by atoms with Crippen LogP contribution >= 0.6 is 11.8 Å². The van der Waals surface area contributed by atoms with Crippen LogP contribution in [0.1, 0.15) is 47.5 Å². The largest absolute Gasteiger partial charge is 0.456 e. The molecule has 0 fully saturated rings. The highest BCUT2D eigenvalue weighted by molar-refractivity contribution is 8.03. The van der Waals surface area contributed by atoms with Crippen molar-refractivity contribution in [3.63, 3.8) is 0 Å². The van der Waals surface area contributed by atoms with Gasteiger partial charge in [-0.2, -0.15) is 0 Å². The van der Waals surface area contributed by atoms with Crippen molar-refractivity contribution < 1.29 is 23.6 Å². The van der Waals surface area contributed by atoms with Crippen LogP contribution in [0.3, 0.4) is 0 Å². The van der Waals surface area contributed by atoms with Crippen LogP contribution in [-0.4, -0.2) is 10.4 Å². The minimum Gasteiger partial charge on any atom is -0.456 e. The quantitative estimate of drug-likeness (QED) is 0.189. The van der Waals surface area contributed by atoms with Gasteiger partial charge in [-0.15, -0.1) is 0 Å². The molecule has 2 aliphatic rings.